The van der Waals surface area contributed by atoms with E-state index in [2.05, 4.69) is 67.8 Å². The average Bonchev–Trinajstić information content (AvgIpc) is 0.883. The fraction of sp³-hybridized carbons (Fsp3) is 0.847. The molecule has 0 aliphatic carbocycles. The molecule has 0 aromatic heterocycles. The predicted molar refractivity (Wildman–Crippen MR) is 355 cm³/mol. The molecule has 530 valence electrons. The van der Waals surface area contributed by atoms with Gasteiger partial charge in [-0.25, -0.2) is 0 Å². The molecule has 3 rings (SSSR count). The molecule has 0 spiro atoms. The number of nitrogens with one attached hydrogen (secondary N) is 1. The minimum Gasteiger partial charge on any atom is -0.394 e. The third-order valence-corrected chi connectivity index (χ3v) is 17.8. The third-order valence-electron chi connectivity index (χ3n) is 17.8. The standard InChI is InChI=1S/C72H129NO18/c1-3-5-7-9-11-13-15-17-19-21-23-25-27-29-31-33-35-37-39-41-43-45-47-49-56(77)55(73-60(78)50-48-46-44-42-40-38-36-34-32-30-28-26-24-22-20-18-16-14-12-10-8-6-4-2)54-86-70-66(84)63(81)68(58(52-75)88-70)91-72-67(85)64(82)69(59(53-76)89-72)90-71-65(83)62(80)61(79)57(51-74)87-71/h16,18,22,24,31,33,39,41,47,49,55-59,61-72,74-77,79-85H,3-15,17,19-21,23,25-30,32,34-38,40,42-46,48,50-54H2,1-2H3,(H,73,78)/b18-16-,24-22-,33-31+,41-39+,49-47+. The Balaban J connectivity index is 1.45. The molecule has 17 unspecified atom stereocenters. The van der Waals surface area contributed by atoms with E-state index in [9.17, 15) is 61.0 Å². The lowest BCUT2D eigenvalue weighted by Crippen LogP contribution is -2.66. The van der Waals surface area contributed by atoms with Crippen LogP contribution in [0.2, 0.25) is 0 Å². The Morgan fingerprint density at radius 3 is 1.16 bits per heavy atom. The van der Waals surface area contributed by atoms with Crippen molar-refractivity contribution in [1.29, 1.82) is 0 Å². The Morgan fingerprint density at radius 2 is 0.736 bits per heavy atom. The highest BCUT2D eigenvalue weighted by molar-refractivity contribution is 5.76. The van der Waals surface area contributed by atoms with Crippen molar-refractivity contribution in [3.05, 3.63) is 60.8 Å². The van der Waals surface area contributed by atoms with Crippen LogP contribution in [0.25, 0.3) is 0 Å². The number of carbonyl (C=O) groups excluding carboxylic acids is 1. The van der Waals surface area contributed by atoms with Gasteiger partial charge in [-0.1, -0.05) is 235 Å². The normalized spacial score (nSPS) is 28.2. The third kappa shape index (κ3) is 35.4. The maximum atomic E-state index is 13.4. The second kappa shape index (κ2) is 53.6. The van der Waals surface area contributed by atoms with Crippen molar-refractivity contribution in [3.63, 3.8) is 0 Å². The van der Waals surface area contributed by atoms with Crippen LogP contribution >= 0.6 is 0 Å². The molecule has 0 radical (unpaired) electrons. The van der Waals surface area contributed by atoms with Crippen molar-refractivity contribution < 1.29 is 89.4 Å². The number of hydrogen-bond acceptors (Lipinski definition) is 18. The first-order chi connectivity index (χ1) is 44.3. The van der Waals surface area contributed by atoms with Gasteiger partial charge in [0, 0.05) is 6.42 Å². The number of ether oxygens (including phenoxy) is 6. The molecule has 3 aliphatic heterocycles. The molecule has 0 aromatic rings. The van der Waals surface area contributed by atoms with Gasteiger partial charge in [-0.2, -0.15) is 0 Å². The smallest absolute Gasteiger partial charge is 0.220 e. The van der Waals surface area contributed by atoms with Gasteiger partial charge >= 0.3 is 0 Å². The fourth-order valence-corrected chi connectivity index (χ4v) is 11.9. The van der Waals surface area contributed by atoms with Gasteiger partial charge in [0.2, 0.25) is 5.91 Å². The van der Waals surface area contributed by atoms with E-state index in [1.807, 2.05) is 6.08 Å². The van der Waals surface area contributed by atoms with Crippen LogP contribution in [0.5, 0.6) is 0 Å². The molecule has 3 fully saturated rings. The van der Waals surface area contributed by atoms with Crippen molar-refractivity contribution in [2.24, 2.45) is 0 Å². The zero-order chi connectivity index (χ0) is 66.1. The molecule has 3 saturated heterocycles. The minimum absolute atomic E-state index is 0.228. The van der Waals surface area contributed by atoms with Crippen LogP contribution in [0.1, 0.15) is 258 Å². The van der Waals surface area contributed by atoms with Crippen LogP contribution in [0.4, 0.5) is 0 Å². The summed E-state index contributed by atoms with van der Waals surface area (Å²) in [5, 5.41) is 121. The molecule has 17 atom stereocenters. The van der Waals surface area contributed by atoms with Gasteiger partial charge in [-0.05, 0) is 77.0 Å². The summed E-state index contributed by atoms with van der Waals surface area (Å²) < 4.78 is 34.3. The van der Waals surface area contributed by atoms with E-state index in [0.29, 0.717) is 12.8 Å². The minimum atomic E-state index is -1.98. The van der Waals surface area contributed by atoms with Crippen molar-refractivity contribution in [3.8, 4) is 0 Å². The van der Waals surface area contributed by atoms with Crippen LogP contribution in [0, 0.1) is 0 Å². The molecule has 0 bridgehead atoms. The number of allylic oxidation sites excluding steroid dienone is 9. The lowest BCUT2D eigenvalue weighted by molar-refractivity contribution is -0.379. The van der Waals surface area contributed by atoms with E-state index < -0.39 is 124 Å². The van der Waals surface area contributed by atoms with E-state index in [0.717, 1.165) is 64.2 Å². The summed E-state index contributed by atoms with van der Waals surface area (Å²) in [6.45, 7) is 1.71. The van der Waals surface area contributed by atoms with Gasteiger partial charge in [-0.3, -0.25) is 4.79 Å². The predicted octanol–water partition coefficient (Wildman–Crippen LogP) is 9.94. The molecule has 19 nitrogen and oxygen atoms in total. The van der Waals surface area contributed by atoms with Gasteiger partial charge < -0.3 is 89.9 Å². The molecule has 1 amide bonds. The maximum Gasteiger partial charge on any atom is 0.220 e. The second-order valence-electron chi connectivity index (χ2n) is 25.7. The van der Waals surface area contributed by atoms with Crippen molar-refractivity contribution in [2.75, 3.05) is 26.4 Å². The molecule has 0 aromatic carbocycles. The van der Waals surface area contributed by atoms with E-state index >= 15 is 0 Å². The van der Waals surface area contributed by atoms with Crippen molar-refractivity contribution in [2.45, 2.75) is 362 Å². The molecular formula is C72H129NO18. The Kier molecular flexibility index (Phi) is 48.7. The molecule has 3 heterocycles. The molecule has 12 N–H and O–H groups in total. The lowest BCUT2D eigenvalue weighted by atomic mass is 9.96. The molecule has 91 heavy (non-hydrogen) atoms. The quantitative estimate of drug-likeness (QED) is 0.0199. The zero-order valence-electron chi connectivity index (χ0n) is 56.1. The summed E-state index contributed by atoms with van der Waals surface area (Å²) in [4.78, 5) is 13.4. The molecule has 0 saturated carbocycles. The van der Waals surface area contributed by atoms with Crippen molar-refractivity contribution in [1.82, 2.24) is 5.32 Å². The van der Waals surface area contributed by atoms with E-state index in [4.69, 9.17) is 28.4 Å². The van der Waals surface area contributed by atoms with E-state index in [1.54, 1.807) is 6.08 Å². The number of aliphatic hydroxyl groups excluding tert-OH is 11. The summed E-state index contributed by atoms with van der Waals surface area (Å²) >= 11 is 0. The van der Waals surface area contributed by atoms with E-state index in [1.165, 1.54) is 161 Å². The summed E-state index contributed by atoms with van der Waals surface area (Å²) in [6, 6.07) is -1.00. The fourth-order valence-electron chi connectivity index (χ4n) is 11.9. The first-order valence-corrected chi connectivity index (χ1v) is 36.0. The number of rotatable bonds is 55. The Labute approximate surface area is 547 Å². The van der Waals surface area contributed by atoms with Crippen LogP contribution < -0.4 is 5.32 Å². The summed E-state index contributed by atoms with van der Waals surface area (Å²) in [7, 11) is 0. The van der Waals surface area contributed by atoms with Crippen molar-refractivity contribution >= 4 is 5.91 Å². The van der Waals surface area contributed by atoms with Crippen LogP contribution in [0.15, 0.2) is 60.8 Å². The summed E-state index contributed by atoms with van der Waals surface area (Å²) in [6.07, 6.45) is 39.1. The van der Waals surface area contributed by atoms with Gasteiger partial charge in [-0.15, -0.1) is 0 Å². The number of hydrogen-bond donors (Lipinski definition) is 12. The SMILES string of the molecule is CCCCCCC/C=C\C/C=C\CCCCCCCCCCCCCC(=O)NC(COC1OC(CO)C(OC2OC(CO)C(OC3OC(CO)C(O)C(O)C3O)C(O)C2O)C(O)C1O)C(O)/C=C/CC/C=C/CC/C=C/CCCCCCCCCCCCCCC. The first-order valence-electron chi connectivity index (χ1n) is 36.0. The lowest BCUT2D eigenvalue weighted by Gasteiger charge is -2.48. The Bertz CT molecular complexity index is 1890. The number of amides is 1. The average molecular weight is 1300 g/mol. The zero-order valence-corrected chi connectivity index (χ0v) is 56.1. The monoisotopic (exact) mass is 1300 g/mol. The highest BCUT2D eigenvalue weighted by atomic mass is 16.8. The molecule has 3 aliphatic rings. The topological polar surface area (TPSA) is 307 Å². The number of aliphatic hydroxyl groups is 11. The largest absolute Gasteiger partial charge is 0.394 e. The van der Waals surface area contributed by atoms with Gasteiger partial charge in [0.25, 0.3) is 0 Å². The number of unbranched alkanes of at least 4 members (excludes halogenated alkanes) is 31. The van der Waals surface area contributed by atoms with Gasteiger partial charge in [0.05, 0.1) is 38.6 Å². The van der Waals surface area contributed by atoms with Crippen LogP contribution in [0.3, 0.4) is 0 Å². The van der Waals surface area contributed by atoms with Gasteiger partial charge in [0.15, 0.2) is 18.9 Å². The number of carbonyl (C=O) groups is 1. The maximum absolute atomic E-state index is 13.4. The summed E-state index contributed by atoms with van der Waals surface area (Å²) in [5.74, 6) is -0.291. The Morgan fingerprint density at radius 1 is 0.396 bits per heavy atom. The highest BCUT2D eigenvalue weighted by Gasteiger charge is 2.53. The molecular weight excluding hydrogens is 1170 g/mol. The second-order valence-corrected chi connectivity index (χ2v) is 25.7. The highest BCUT2D eigenvalue weighted by Crippen LogP contribution is 2.33. The Hall–Kier alpha value is -2.51. The first kappa shape index (κ1) is 82.7. The van der Waals surface area contributed by atoms with E-state index in [-0.39, 0.29) is 18.9 Å². The summed E-state index contributed by atoms with van der Waals surface area (Å²) in [5.41, 5.74) is 0. The van der Waals surface area contributed by atoms with Crippen LogP contribution in [-0.2, 0) is 33.2 Å². The molecule has 19 heteroatoms. The van der Waals surface area contributed by atoms with Crippen LogP contribution in [-0.4, -0.2) is 193 Å². The van der Waals surface area contributed by atoms with Gasteiger partial charge in [0.1, 0.15) is 73.2 Å².